The number of ether oxygens (including phenoxy) is 2. The van der Waals surface area contributed by atoms with Gasteiger partial charge in [0, 0.05) is 30.9 Å². The van der Waals surface area contributed by atoms with Crippen molar-refractivity contribution in [2.45, 2.75) is 64.4 Å². The number of hydrogen-bond acceptors (Lipinski definition) is 6. The molecule has 0 spiro atoms. The first kappa shape index (κ1) is 23.0. The number of carbonyl (C=O) groups excluding carboxylic acids is 1. The van der Waals surface area contributed by atoms with E-state index in [-0.39, 0.29) is 18.3 Å². The average Bonchev–Trinajstić information content (AvgIpc) is 3.03. The maximum Gasteiger partial charge on any atom is 0.336 e. The molecule has 0 amide bonds. The molecule has 0 aromatic carbocycles. The van der Waals surface area contributed by atoms with Gasteiger partial charge in [0.25, 0.3) is 0 Å². The molecule has 1 aliphatic carbocycles. The van der Waals surface area contributed by atoms with Crippen molar-refractivity contribution >= 4 is 11.9 Å². The van der Waals surface area contributed by atoms with Crippen molar-refractivity contribution in [3.8, 4) is 0 Å². The lowest BCUT2D eigenvalue weighted by Crippen LogP contribution is -2.34. The Balaban J connectivity index is 1.83. The van der Waals surface area contributed by atoms with Crippen LogP contribution < -0.4 is 5.32 Å². The molecular formula is C24H32N2O5. The summed E-state index contributed by atoms with van der Waals surface area (Å²) < 4.78 is 11.4. The summed E-state index contributed by atoms with van der Waals surface area (Å²) in [5.41, 5.74) is 2.15. The maximum absolute atomic E-state index is 13.2. The summed E-state index contributed by atoms with van der Waals surface area (Å²) in [6.07, 6.45) is 10.0. The van der Waals surface area contributed by atoms with Crippen LogP contribution in [0.3, 0.4) is 0 Å². The molecule has 2 heterocycles. The van der Waals surface area contributed by atoms with Crippen molar-refractivity contribution in [2.75, 3.05) is 13.7 Å². The van der Waals surface area contributed by atoms with Crippen LogP contribution in [0.25, 0.3) is 0 Å². The second kappa shape index (κ2) is 10.6. The SMILES string of the molecule is COC(COC(=O)C1=C(C)NC(C)=C(C(=O)O)C1c1cccnc1)C1CCCCCC1. The van der Waals surface area contributed by atoms with Crippen molar-refractivity contribution in [3.05, 3.63) is 52.6 Å². The van der Waals surface area contributed by atoms with E-state index in [1.807, 2.05) is 0 Å². The second-order valence-electron chi connectivity index (χ2n) is 8.35. The molecule has 1 aromatic rings. The largest absolute Gasteiger partial charge is 0.478 e. The zero-order valence-electron chi connectivity index (χ0n) is 18.5. The Hall–Kier alpha value is -2.67. The van der Waals surface area contributed by atoms with Gasteiger partial charge in [0.05, 0.1) is 23.2 Å². The predicted octanol–water partition coefficient (Wildman–Crippen LogP) is 3.93. The lowest BCUT2D eigenvalue weighted by Gasteiger charge is -2.30. The molecule has 1 aromatic heterocycles. The van der Waals surface area contributed by atoms with Gasteiger partial charge in [-0.25, -0.2) is 9.59 Å². The molecule has 0 radical (unpaired) electrons. The van der Waals surface area contributed by atoms with Gasteiger partial charge >= 0.3 is 11.9 Å². The van der Waals surface area contributed by atoms with E-state index in [9.17, 15) is 14.7 Å². The normalized spacial score (nSPS) is 21.3. The van der Waals surface area contributed by atoms with Crippen LogP contribution in [0.4, 0.5) is 0 Å². The molecule has 1 fully saturated rings. The molecule has 7 heteroatoms. The first-order valence-corrected chi connectivity index (χ1v) is 11.0. The van der Waals surface area contributed by atoms with Gasteiger partial charge in [-0.05, 0) is 44.2 Å². The van der Waals surface area contributed by atoms with Crippen LogP contribution >= 0.6 is 0 Å². The first-order valence-electron chi connectivity index (χ1n) is 11.0. The van der Waals surface area contributed by atoms with Crippen molar-refractivity contribution < 1.29 is 24.2 Å². The lowest BCUT2D eigenvalue weighted by molar-refractivity contribution is -0.144. The number of pyridine rings is 1. The summed E-state index contributed by atoms with van der Waals surface area (Å²) >= 11 is 0. The molecule has 168 valence electrons. The first-order chi connectivity index (χ1) is 14.9. The van der Waals surface area contributed by atoms with Crippen LogP contribution in [0, 0.1) is 5.92 Å². The van der Waals surface area contributed by atoms with E-state index in [1.54, 1.807) is 45.5 Å². The highest BCUT2D eigenvalue weighted by Crippen LogP contribution is 2.38. The lowest BCUT2D eigenvalue weighted by atomic mass is 9.81. The second-order valence-corrected chi connectivity index (χ2v) is 8.35. The van der Waals surface area contributed by atoms with E-state index < -0.39 is 17.9 Å². The highest BCUT2D eigenvalue weighted by molar-refractivity contribution is 5.99. The number of carboxylic acids is 1. The molecule has 0 bridgehead atoms. The summed E-state index contributed by atoms with van der Waals surface area (Å²) in [5.74, 6) is -1.99. The van der Waals surface area contributed by atoms with Gasteiger partial charge in [-0.3, -0.25) is 4.98 Å². The van der Waals surface area contributed by atoms with Crippen molar-refractivity contribution in [2.24, 2.45) is 5.92 Å². The van der Waals surface area contributed by atoms with E-state index in [0.29, 0.717) is 28.4 Å². The zero-order chi connectivity index (χ0) is 22.4. The molecule has 7 nitrogen and oxygen atoms in total. The van der Waals surface area contributed by atoms with Crippen LogP contribution in [0.5, 0.6) is 0 Å². The van der Waals surface area contributed by atoms with Crippen LogP contribution in [-0.4, -0.2) is 41.8 Å². The molecule has 2 unspecified atom stereocenters. The standard InChI is InChI=1S/C24H32N2O5/c1-15-20(23(27)28)22(18-11-8-12-25-13-18)21(16(2)26-15)24(29)31-14-19(30-3)17-9-6-4-5-7-10-17/h8,11-13,17,19,22,26H,4-7,9-10,14H2,1-3H3,(H,27,28). The molecule has 0 saturated heterocycles. The van der Waals surface area contributed by atoms with Crippen LogP contribution in [0.15, 0.2) is 47.1 Å². The van der Waals surface area contributed by atoms with Crippen molar-refractivity contribution in [3.63, 3.8) is 0 Å². The third-order valence-corrected chi connectivity index (χ3v) is 6.34. The fourth-order valence-electron chi connectivity index (χ4n) is 4.74. The van der Waals surface area contributed by atoms with Crippen molar-refractivity contribution in [1.29, 1.82) is 0 Å². The molecule has 2 atom stereocenters. The number of methoxy groups -OCH3 is 1. The Labute approximate surface area is 183 Å². The van der Waals surface area contributed by atoms with Gasteiger partial charge in [0.15, 0.2) is 0 Å². The fourth-order valence-corrected chi connectivity index (χ4v) is 4.74. The summed E-state index contributed by atoms with van der Waals surface area (Å²) in [6, 6.07) is 3.51. The number of hydrogen-bond donors (Lipinski definition) is 2. The van der Waals surface area contributed by atoms with E-state index in [2.05, 4.69) is 10.3 Å². The minimum Gasteiger partial charge on any atom is -0.478 e. The van der Waals surface area contributed by atoms with Gasteiger partial charge in [-0.15, -0.1) is 0 Å². The molecule has 31 heavy (non-hydrogen) atoms. The smallest absolute Gasteiger partial charge is 0.336 e. The zero-order valence-corrected chi connectivity index (χ0v) is 18.5. The number of aliphatic carboxylic acids is 1. The predicted molar refractivity (Wildman–Crippen MR) is 116 cm³/mol. The number of carboxylic acid groups (broad SMARTS) is 1. The van der Waals surface area contributed by atoms with Crippen LogP contribution in [-0.2, 0) is 19.1 Å². The Morgan fingerprint density at radius 2 is 1.84 bits per heavy atom. The quantitative estimate of drug-likeness (QED) is 0.502. The maximum atomic E-state index is 13.2. The van der Waals surface area contributed by atoms with E-state index in [1.165, 1.54) is 25.7 Å². The number of dihydropyridines is 1. The highest BCUT2D eigenvalue weighted by atomic mass is 16.6. The number of allylic oxidation sites excluding steroid dienone is 2. The third kappa shape index (κ3) is 5.34. The number of aromatic nitrogens is 1. The monoisotopic (exact) mass is 428 g/mol. The Kier molecular flexibility index (Phi) is 7.85. The van der Waals surface area contributed by atoms with E-state index in [4.69, 9.17) is 9.47 Å². The fraction of sp³-hybridized carbons (Fsp3) is 0.542. The number of nitrogens with one attached hydrogen (secondary N) is 1. The minimum absolute atomic E-state index is 0.123. The molecule has 1 aliphatic heterocycles. The number of carbonyl (C=O) groups is 2. The van der Waals surface area contributed by atoms with E-state index in [0.717, 1.165) is 12.8 Å². The molecule has 2 N–H and O–H groups in total. The Morgan fingerprint density at radius 3 is 2.42 bits per heavy atom. The number of nitrogens with zero attached hydrogens (tertiary/aromatic N) is 1. The van der Waals surface area contributed by atoms with Gasteiger partial charge in [0.1, 0.15) is 6.61 Å². The van der Waals surface area contributed by atoms with Gasteiger partial charge in [-0.2, -0.15) is 0 Å². The Bertz CT molecular complexity index is 854. The minimum atomic E-state index is -1.08. The topological polar surface area (TPSA) is 97.8 Å². The number of esters is 1. The van der Waals surface area contributed by atoms with Gasteiger partial charge in [0.2, 0.25) is 0 Å². The number of rotatable bonds is 7. The Morgan fingerprint density at radius 1 is 1.16 bits per heavy atom. The summed E-state index contributed by atoms with van der Waals surface area (Å²) in [4.78, 5) is 29.4. The third-order valence-electron chi connectivity index (χ3n) is 6.34. The van der Waals surface area contributed by atoms with Crippen LogP contribution in [0.2, 0.25) is 0 Å². The average molecular weight is 429 g/mol. The molecular weight excluding hydrogens is 396 g/mol. The van der Waals surface area contributed by atoms with Gasteiger partial charge in [-0.1, -0.05) is 31.7 Å². The summed E-state index contributed by atoms with van der Waals surface area (Å²) in [5, 5.41) is 12.9. The van der Waals surface area contributed by atoms with Crippen LogP contribution in [0.1, 0.15) is 63.9 Å². The highest BCUT2D eigenvalue weighted by Gasteiger charge is 2.37. The summed E-state index contributed by atoms with van der Waals surface area (Å²) in [7, 11) is 1.66. The molecule has 3 rings (SSSR count). The van der Waals surface area contributed by atoms with Crippen molar-refractivity contribution in [1.82, 2.24) is 10.3 Å². The van der Waals surface area contributed by atoms with E-state index >= 15 is 0 Å². The molecule has 1 saturated carbocycles. The molecule has 2 aliphatic rings. The van der Waals surface area contributed by atoms with Gasteiger partial charge < -0.3 is 19.9 Å². The summed E-state index contributed by atoms with van der Waals surface area (Å²) in [6.45, 7) is 3.62.